The predicted octanol–water partition coefficient (Wildman–Crippen LogP) is 1.59. The van der Waals surface area contributed by atoms with Gasteiger partial charge in [0.15, 0.2) is 0 Å². The Morgan fingerprint density at radius 2 is 2.04 bits per heavy atom. The van der Waals surface area contributed by atoms with Gasteiger partial charge in [0, 0.05) is 26.2 Å². The van der Waals surface area contributed by atoms with Crippen molar-refractivity contribution in [3.8, 4) is 0 Å². The largest absolute Gasteiger partial charge is 0.355 e. The highest BCUT2D eigenvalue weighted by Crippen LogP contribution is 2.30. The number of nitrogens with one attached hydrogen (secondary N) is 1. The van der Waals surface area contributed by atoms with Crippen molar-refractivity contribution in [2.75, 3.05) is 26.2 Å². The summed E-state index contributed by atoms with van der Waals surface area (Å²) in [6, 6.07) is 8.00. The highest BCUT2D eigenvalue weighted by atomic mass is 16.2. The summed E-state index contributed by atoms with van der Waals surface area (Å²) in [5, 5.41) is 2.84. The first-order valence-corrected chi connectivity index (χ1v) is 8.71. The summed E-state index contributed by atoms with van der Waals surface area (Å²) in [5.41, 5.74) is 7.00. The molecule has 0 aliphatic carbocycles. The summed E-state index contributed by atoms with van der Waals surface area (Å²) in [6.45, 7) is 8.09. The van der Waals surface area contributed by atoms with Crippen molar-refractivity contribution in [2.24, 2.45) is 11.7 Å². The van der Waals surface area contributed by atoms with Crippen LogP contribution in [0, 0.1) is 12.8 Å². The zero-order valence-corrected chi connectivity index (χ0v) is 15.0. The molecule has 1 aromatic carbocycles. The Kier molecular flexibility index (Phi) is 5.99. The number of piperidine rings is 1. The van der Waals surface area contributed by atoms with Crippen LogP contribution in [-0.4, -0.2) is 42.9 Å². The van der Waals surface area contributed by atoms with Crippen LogP contribution in [0.15, 0.2) is 24.3 Å². The molecule has 1 aliphatic rings. The molecule has 132 valence electrons. The van der Waals surface area contributed by atoms with E-state index in [9.17, 15) is 9.59 Å². The van der Waals surface area contributed by atoms with Gasteiger partial charge in [-0.05, 0) is 44.7 Å². The van der Waals surface area contributed by atoms with Crippen molar-refractivity contribution in [1.29, 1.82) is 0 Å². The van der Waals surface area contributed by atoms with Gasteiger partial charge in [0.2, 0.25) is 11.8 Å². The molecule has 0 aromatic heterocycles. The maximum Gasteiger partial charge on any atom is 0.232 e. The van der Waals surface area contributed by atoms with Crippen molar-refractivity contribution in [2.45, 2.75) is 39.0 Å². The molecule has 1 fully saturated rings. The zero-order chi connectivity index (χ0) is 17.7. The SMILES string of the molecule is Cc1ccccc1C(C)(C)C(=O)N1CCCC(C(=O)NCCN)C1. The first-order chi connectivity index (χ1) is 11.4. The number of nitrogens with zero attached hydrogens (tertiary/aromatic N) is 1. The summed E-state index contributed by atoms with van der Waals surface area (Å²) < 4.78 is 0. The standard InChI is InChI=1S/C19H29N3O2/c1-14-7-4-5-9-16(14)19(2,3)18(24)22-12-6-8-15(13-22)17(23)21-11-10-20/h4-5,7,9,15H,6,8,10-13,20H2,1-3H3,(H,21,23). The van der Waals surface area contributed by atoms with Crippen molar-refractivity contribution in [3.63, 3.8) is 0 Å². The molecule has 1 aromatic rings. The van der Waals surface area contributed by atoms with Gasteiger partial charge in [0.1, 0.15) is 0 Å². The van der Waals surface area contributed by atoms with Gasteiger partial charge >= 0.3 is 0 Å². The Labute approximate surface area is 144 Å². The van der Waals surface area contributed by atoms with Gasteiger partial charge in [0.05, 0.1) is 11.3 Å². The van der Waals surface area contributed by atoms with Crippen LogP contribution >= 0.6 is 0 Å². The minimum Gasteiger partial charge on any atom is -0.355 e. The van der Waals surface area contributed by atoms with E-state index in [1.807, 2.05) is 49.9 Å². The number of carbonyl (C=O) groups excluding carboxylic acids is 2. The molecule has 0 saturated carbocycles. The lowest BCUT2D eigenvalue weighted by molar-refractivity contribution is -0.140. The van der Waals surface area contributed by atoms with E-state index in [4.69, 9.17) is 5.73 Å². The first kappa shape index (κ1) is 18.5. The molecule has 24 heavy (non-hydrogen) atoms. The molecule has 1 atom stereocenters. The Morgan fingerprint density at radius 1 is 1.33 bits per heavy atom. The molecule has 1 aliphatic heterocycles. The third-order valence-electron chi connectivity index (χ3n) is 4.88. The van der Waals surface area contributed by atoms with E-state index in [0.717, 1.165) is 30.5 Å². The molecule has 1 saturated heterocycles. The number of benzene rings is 1. The maximum absolute atomic E-state index is 13.1. The Hall–Kier alpha value is -1.88. The van der Waals surface area contributed by atoms with Gasteiger partial charge in [-0.15, -0.1) is 0 Å². The normalized spacial score (nSPS) is 18.3. The molecule has 5 heteroatoms. The summed E-state index contributed by atoms with van der Waals surface area (Å²) in [7, 11) is 0. The Balaban J connectivity index is 2.11. The van der Waals surface area contributed by atoms with Gasteiger partial charge in [-0.1, -0.05) is 24.3 Å². The van der Waals surface area contributed by atoms with Crippen LogP contribution in [0.4, 0.5) is 0 Å². The average Bonchev–Trinajstić information content (AvgIpc) is 2.59. The van der Waals surface area contributed by atoms with Crippen molar-refractivity contribution in [3.05, 3.63) is 35.4 Å². The molecule has 3 N–H and O–H groups in total. The fourth-order valence-electron chi connectivity index (χ4n) is 3.50. The van der Waals surface area contributed by atoms with Crippen LogP contribution in [0.3, 0.4) is 0 Å². The summed E-state index contributed by atoms with van der Waals surface area (Å²) in [5.74, 6) is -0.0401. The van der Waals surface area contributed by atoms with Crippen LogP contribution in [-0.2, 0) is 15.0 Å². The molecule has 1 unspecified atom stereocenters. The fraction of sp³-hybridized carbons (Fsp3) is 0.579. The molecular weight excluding hydrogens is 302 g/mol. The van der Waals surface area contributed by atoms with E-state index in [0.29, 0.717) is 19.6 Å². The molecular formula is C19H29N3O2. The van der Waals surface area contributed by atoms with Gasteiger partial charge in [-0.2, -0.15) is 0 Å². The summed E-state index contributed by atoms with van der Waals surface area (Å²) in [6.07, 6.45) is 1.68. The van der Waals surface area contributed by atoms with E-state index < -0.39 is 5.41 Å². The van der Waals surface area contributed by atoms with Crippen molar-refractivity contribution in [1.82, 2.24) is 10.2 Å². The predicted molar refractivity (Wildman–Crippen MR) is 95.6 cm³/mol. The minimum atomic E-state index is -0.596. The van der Waals surface area contributed by atoms with Gasteiger partial charge in [-0.25, -0.2) is 0 Å². The van der Waals surface area contributed by atoms with E-state index in [2.05, 4.69) is 5.32 Å². The monoisotopic (exact) mass is 331 g/mol. The fourth-order valence-corrected chi connectivity index (χ4v) is 3.50. The third kappa shape index (κ3) is 3.96. The number of hydrogen-bond donors (Lipinski definition) is 2. The Bertz CT molecular complexity index is 598. The lowest BCUT2D eigenvalue weighted by Crippen LogP contribution is -2.51. The van der Waals surface area contributed by atoms with E-state index in [-0.39, 0.29) is 17.7 Å². The Morgan fingerprint density at radius 3 is 2.71 bits per heavy atom. The third-order valence-corrected chi connectivity index (χ3v) is 4.88. The molecule has 2 rings (SSSR count). The number of likely N-dealkylation sites (tertiary alicyclic amines) is 1. The lowest BCUT2D eigenvalue weighted by atomic mass is 9.80. The second-order valence-corrected chi connectivity index (χ2v) is 7.11. The van der Waals surface area contributed by atoms with Crippen molar-refractivity contribution < 1.29 is 9.59 Å². The van der Waals surface area contributed by atoms with Crippen molar-refractivity contribution >= 4 is 11.8 Å². The van der Waals surface area contributed by atoms with Crippen LogP contribution in [0.25, 0.3) is 0 Å². The van der Waals surface area contributed by atoms with Gasteiger partial charge in [0.25, 0.3) is 0 Å². The molecule has 1 heterocycles. The second kappa shape index (κ2) is 7.79. The molecule has 5 nitrogen and oxygen atoms in total. The number of carbonyl (C=O) groups is 2. The minimum absolute atomic E-state index is 0.00616. The van der Waals surface area contributed by atoms with Crippen LogP contribution in [0.1, 0.15) is 37.8 Å². The van der Waals surface area contributed by atoms with Gasteiger partial charge in [-0.3, -0.25) is 9.59 Å². The number of hydrogen-bond acceptors (Lipinski definition) is 3. The van der Waals surface area contributed by atoms with E-state index in [1.165, 1.54) is 0 Å². The topological polar surface area (TPSA) is 75.4 Å². The highest BCUT2D eigenvalue weighted by molar-refractivity contribution is 5.88. The molecule has 2 amide bonds. The number of aryl methyl sites for hydroxylation is 1. The zero-order valence-electron chi connectivity index (χ0n) is 15.0. The van der Waals surface area contributed by atoms with Gasteiger partial charge < -0.3 is 16.0 Å². The molecule has 0 spiro atoms. The summed E-state index contributed by atoms with van der Waals surface area (Å²) >= 11 is 0. The van der Waals surface area contributed by atoms with Crippen LogP contribution < -0.4 is 11.1 Å². The summed E-state index contributed by atoms with van der Waals surface area (Å²) in [4.78, 5) is 27.2. The van der Waals surface area contributed by atoms with E-state index in [1.54, 1.807) is 0 Å². The van der Waals surface area contributed by atoms with Crippen LogP contribution in [0.2, 0.25) is 0 Å². The first-order valence-electron chi connectivity index (χ1n) is 8.71. The number of amides is 2. The maximum atomic E-state index is 13.1. The lowest BCUT2D eigenvalue weighted by Gasteiger charge is -2.37. The highest BCUT2D eigenvalue weighted by Gasteiger charge is 2.37. The number of nitrogens with two attached hydrogens (primary N) is 1. The van der Waals surface area contributed by atoms with Crippen LogP contribution in [0.5, 0.6) is 0 Å². The average molecular weight is 331 g/mol. The second-order valence-electron chi connectivity index (χ2n) is 7.11. The smallest absolute Gasteiger partial charge is 0.232 e. The molecule has 0 radical (unpaired) electrons. The van der Waals surface area contributed by atoms with E-state index >= 15 is 0 Å². The quantitative estimate of drug-likeness (QED) is 0.860. The number of rotatable bonds is 5. The molecule has 0 bridgehead atoms.